The van der Waals surface area contributed by atoms with Crippen molar-refractivity contribution in [2.45, 2.75) is 31.9 Å². The third-order valence-corrected chi connectivity index (χ3v) is 3.88. The Hall–Kier alpha value is -0.610. The summed E-state index contributed by atoms with van der Waals surface area (Å²) >= 11 is 5.85. The molecule has 0 unspecified atom stereocenters. The van der Waals surface area contributed by atoms with Gasteiger partial charge in [0.25, 0.3) is 0 Å². The second kappa shape index (κ2) is 7.85. The van der Waals surface area contributed by atoms with Crippen LogP contribution in [0.2, 0.25) is 5.02 Å². The molecule has 0 aromatic heterocycles. The van der Waals surface area contributed by atoms with Gasteiger partial charge in [-0.15, -0.1) is 0 Å². The Bertz CT molecular complexity index is 361. The standard InChI is InChI=1S/C15H23ClN2O/c16-14-4-2-13(3-5-14)12-17-8-1-9-18-10-6-15(19)7-11-18/h2-5,15,17,19H,1,6-12H2. The van der Waals surface area contributed by atoms with E-state index in [0.29, 0.717) is 0 Å². The molecule has 0 aliphatic carbocycles. The number of aliphatic hydroxyl groups is 1. The lowest BCUT2D eigenvalue weighted by atomic mass is 10.1. The highest BCUT2D eigenvalue weighted by Crippen LogP contribution is 2.10. The maximum absolute atomic E-state index is 9.43. The molecular formula is C15H23ClN2O. The summed E-state index contributed by atoms with van der Waals surface area (Å²) in [4.78, 5) is 2.44. The third-order valence-electron chi connectivity index (χ3n) is 3.63. The predicted molar refractivity (Wildman–Crippen MR) is 79.5 cm³/mol. The zero-order valence-corrected chi connectivity index (χ0v) is 12.1. The third kappa shape index (κ3) is 5.49. The van der Waals surface area contributed by atoms with Gasteiger partial charge in [0.2, 0.25) is 0 Å². The molecule has 0 saturated carbocycles. The number of nitrogens with zero attached hydrogens (tertiary/aromatic N) is 1. The fraction of sp³-hybridized carbons (Fsp3) is 0.600. The molecule has 1 aromatic rings. The number of hydrogen-bond donors (Lipinski definition) is 2. The van der Waals surface area contributed by atoms with Gasteiger partial charge >= 0.3 is 0 Å². The molecule has 1 aliphatic heterocycles. The normalized spacial score (nSPS) is 17.8. The van der Waals surface area contributed by atoms with Gasteiger partial charge in [-0.05, 0) is 50.0 Å². The van der Waals surface area contributed by atoms with Crippen LogP contribution in [0.3, 0.4) is 0 Å². The summed E-state index contributed by atoms with van der Waals surface area (Å²) in [5.74, 6) is 0. The lowest BCUT2D eigenvalue weighted by molar-refractivity contribution is 0.0821. The molecule has 0 radical (unpaired) electrons. The smallest absolute Gasteiger partial charge is 0.0564 e. The molecule has 3 nitrogen and oxygen atoms in total. The highest BCUT2D eigenvalue weighted by Gasteiger charge is 2.15. The SMILES string of the molecule is OC1CCN(CCCNCc2ccc(Cl)cc2)CC1. The van der Waals surface area contributed by atoms with Crippen LogP contribution in [-0.4, -0.2) is 42.3 Å². The van der Waals surface area contributed by atoms with E-state index in [4.69, 9.17) is 11.6 Å². The van der Waals surface area contributed by atoms with E-state index in [0.717, 1.165) is 57.0 Å². The Morgan fingerprint density at radius 1 is 1.21 bits per heavy atom. The fourth-order valence-corrected chi connectivity index (χ4v) is 2.53. The van der Waals surface area contributed by atoms with E-state index in [-0.39, 0.29) is 6.10 Å². The molecule has 106 valence electrons. The second-order valence-corrected chi connectivity index (χ2v) is 5.67. The molecule has 2 N–H and O–H groups in total. The molecular weight excluding hydrogens is 260 g/mol. The molecule has 1 saturated heterocycles. The Balaban J connectivity index is 1.53. The first-order valence-corrected chi connectivity index (χ1v) is 7.47. The van der Waals surface area contributed by atoms with Crippen LogP contribution in [-0.2, 0) is 6.54 Å². The van der Waals surface area contributed by atoms with Crippen molar-refractivity contribution in [3.8, 4) is 0 Å². The molecule has 0 amide bonds. The topological polar surface area (TPSA) is 35.5 Å². The summed E-state index contributed by atoms with van der Waals surface area (Å²) in [5.41, 5.74) is 1.27. The Labute approximate surface area is 120 Å². The van der Waals surface area contributed by atoms with Crippen molar-refractivity contribution in [2.75, 3.05) is 26.2 Å². The number of rotatable bonds is 6. The molecule has 0 bridgehead atoms. The van der Waals surface area contributed by atoms with Crippen molar-refractivity contribution in [3.63, 3.8) is 0 Å². The van der Waals surface area contributed by atoms with Gasteiger partial charge in [0.1, 0.15) is 0 Å². The summed E-state index contributed by atoms with van der Waals surface area (Å²) in [6, 6.07) is 7.97. The average Bonchev–Trinajstić information content (AvgIpc) is 2.43. The van der Waals surface area contributed by atoms with E-state index in [2.05, 4.69) is 22.3 Å². The van der Waals surface area contributed by atoms with Crippen LogP contribution >= 0.6 is 11.6 Å². The summed E-state index contributed by atoms with van der Waals surface area (Å²) in [5, 5.41) is 13.7. The van der Waals surface area contributed by atoms with Crippen LogP contribution < -0.4 is 5.32 Å². The first-order valence-electron chi connectivity index (χ1n) is 7.09. The molecule has 1 fully saturated rings. The maximum atomic E-state index is 9.43. The summed E-state index contributed by atoms with van der Waals surface area (Å²) in [6.07, 6.45) is 2.94. The molecule has 19 heavy (non-hydrogen) atoms. The molecule has 1 aliphatic rings. The largest absolute Gasteiger partial charge is 0.393 e. The first-order chi connectivity index (χ1) is 9.24. The first kappa shape index (κ1) is 14.8. The Morgan fingerprint density at radius 3 is 2.58 bits per heavy atom. The minimum Gasteiger partial charge on any atom is -0.393 e. The number of hydrogen-bond acceptors (Lipinski definition) is 3. The van der Waals surface area contributed by atoms with Crippen molar-refractivity contribution in [1.82, 2.24) is 10.2 Å². The lowest BCUT2D eigenvalue weighted by Crippen LogP contribution is -2.37. The fourth-order valence-electron chi connectivity index (χ4n) is 2.41. The van der Waals surface area contributed by atoms with Crippen molar-refractivity contribution in [1.29, 1.82) is 0 Å². The van der Waals surface area contributed by atoms with Gasteiger partial charge in [0.05, 0.1) is 6.10 Å². The zero-order chi connectivity index (χ0) is 13.5. The van der Waals surface area contributed by atoms with Crippen LogP contribution in [0.15, 0.2) is 24.3 Å². The van der Waals surface area contributed by atoms with E-state index in [9.17, 15) is 5.11 Å². The molecule has 0 spiro atoms. The van der Waals surface area contributed by atoms with Gasteiger partial charge in [0, 0.05) is 24.7 Å². The van der Waals surface area contributed by atoms with Crippen LogP contribution in [0.1, 0.15) is 24.8 Å². The molecule has 1 heterocycles. The van der Waals surface area contributed by atoms with Crippen LogP contribution in [0.25, 0.3) is 0 Å². The maximum Gasteiger partial charge on any atom is 0.0564 e. The molecule has 2 rings (SSSR count). The van der Waals surface area contributed by atoms with Crippen LogP contribution in [0.5, 0.6) is 0 Å². The number of piperidine rings is 1. The number of halogens is 1. The zero-order valence-electron chi connectivity index (χ0n) is 11.3. The van der Waals surface area contributed by atoms with E-state index in [1.807, 2.05) is 12.1 Å². The van der Waals surface area contributed by atoms with Crippen molar-refractivity contribution in [3.05, 3.63) is 34.9 Å². The van der Waals surface area contributed by atoms with Crippen LogP contribution in [0.4, 0.5) is 0 Å². The minimum absolute atomic E-state index is 0.0701. The van der Waals surface area contributed by atoms with Gasteiger partial charge in [-0.2, -0.15) is 0 Å². The Kier molecular flexibility index (Phi) is 6.11. The second-order valence-electron chi connectivity index (χ2n) is 5.23. The average molecular weight is 283 g/mol. The number of benzene rings is 1. The monoisotopic (exact) mass is 282 g/mol. The predicted octanol–water partition coefficient (Wildman–Crippen LogP) is 2.28. The summed E-state index contributed by atoms with van der Waals surface area (Å²) in [6.45, 7) is 5.13. The van der Waals surface area contributed by atoms with Gasteiger partial charge in [-0.25, -0.2) is 0 Å². The lowest BCUT2D eigenvalue weighted by Gasteiger charge is -2.29. The van der Waals surface area contributed by atoms with E-state index >= 15 is 0 Å². The van der Waals surface area contributed by atoms with Gasteiger partial charge in [-0.1, -0.05) is 23.7 Å². The van der Waals surface area contributed by atoms with Gasteiger partial charge < -0.3 is 15.3 Å². The summed E-state index contributed by atoms with van der Waals surface area (Å²) in [7, 11) is 0. The highest BCUT2D eigenvalue weighted by atomic mass is 35.5. The molecule has 0 atom stereocenters. The van der Waals surface area contributed by atoms with Gasteiger partial charge in [0.15, 0.2) is 0 Å². The molecule has 1 aromatic carbocycles. The van der Waals surface area contributed by atoms with Crippen molar-refractivity contribution >= 4 is 11.6 Å². The Morgan fingerprint density at radius 2 is 1.89 bits per heavy atom. The molecule has 4 heteroatoms. The minimum atomic E-state index is -0.0701. The number of likely N-dealkylation sites (tertiary alicyclic amines) is 1. The van der Waals surface area contributed by atoms with E-state index < -0.39 is 0 Å². The van der Waals surface area contributed by atoms with Crippen LogP contribution in [0, 0.1) is 0 Å². The summed E-state index contributed by atoms with van der Waals surface area (Å²) < 4.78 is 0. The van der Waals surface area contributed by atoms with Crippen molar-refractivity contribution in [2.24, 2.45) is 0 Å². The van der Waals surface area contributed by atoms with E-state index in [1.165, 1.54) is 5.56 Å². The van der Waals surface area contributed by atoms with Gasteiger partial charge in [-0.3, -0.25) is 0 Å². The van der Waals surface area contributed by atoms with Crippen molar-refractivity contribution < 1.29 is 5.11 Å². The van der Waals surface area contributed by atoms with E-state index in [1.54, 1.807) is 0 Å². The quantitative estimate of drug-likeness (QED) is 0.786. The number of aliphatic hydroxyl groups excluding tert-OH is 1. The highest BCUT2D eigenvalue weighted by molar-refractivity contribution is 6.30. The number of nitrogens with one attached hydrogen (secondary N) is 1.